The van der Waals surface area contributed by atoms with E-state index in [1.807, 2.05) is 17.0 Å². The summed E-state index contributed by atoms with van der Waals surface area (Å²) in [6.45, 7) is 1.98. The van der Waals surface area contributed by atoms with Crippen LogP contribution in [0.25, 0.3) is 0 Å². The molecule has 3 rings (SSSR count). The molecule has 1 saturated heterocycles. The number of alkyl halides is 3. The van der Waals surface area contributed by atoms with Crippen molar-refractivity contribution in [2.24, 2.45) is 0 Å². The van der Waals surface area contributed by atoms with E-state index in [1.54, 1.807) is 12.1 Å². The van der Waals surface area contributed by atoms with Crippen molar-refractivity contribution in [2.75, 3.05) is 24.5 Å². The van der Waals surface area contributed by atoms with Crippen LogP contribution < -0.4 is 10.2 Å². The Bertz CT molecular complexity index is 656. The maximum absolute atomic E-state index is 12.6. The molecule has 1 aromatic carbocycles. The van der Waals surface area contributed by atoms with Gasteiger partial charge in [-0.15, -0.1) is 0 Å². The normalized spacial score (nSPS) is 18.9. The third-order valence-corrected chi connectivity index (χ3v) is 3.87. The highest BCUT2D eigenvalue weighted by Crippen LogP contribution is 2.30. The molecule has 1 atom stereocenters. The highest BCUT2D eigenvalue weighted by Gasteiger charge is 2.31. The van der Waals surface area contributed by atoms with Gasteiger partial charge in [0, 0.05) is 31.9 Å². The first-order chi connectivity index (χ1) is 10.9. The number of benzene rings is 1. The zero-order valence-corrected chi connectivity index (χ0v) is 12.2. The summed E-state index contributed by atoms with van der Waals surface area (Å²) in [4.78, 5) is 5.90. The second kappa shape index (κ2) is 6.08. The summed E-state index contributed by atoms with van der Waals surface area (Å²) in [5.74, 6) is 0.731. The number of halogens is 3. The molecule has 0 bridgehead atoms. The number of phenolic OH excluding ortho intramolecular Hbond substituents is 1. The molecule has 2 N–H and O–H groups in total. The van der Waals surface area contributed by atoms with Crippen LogP contribution in [0.4, 0.5) is 19.0 Å². The van der Waals surface area contributed by atoms with Crippen molar-refractivity contribution in [3.05, 3.63) is 53.7 Å². The second-order valence-corrected chi connectivity index (χ2v) is 5.45. The number of piperazine rings is 1. The van der Waals surface area contributed by atoms with Crippen molar-refractivity contribution in [3.63, 3.8) is 0 Å². The molecule has 0 radical (unpaired) electrons. The highest BCUT2D eigenvalue weighted by molar-refractivity contribution is 5.42. The predicted octanol–water partition coefficient (Wildman–Crippen LogP) is 2.96. The summed E-state index contributed by atoms with van der Waals surface area (Å²) >= 11 is 0. The van der Waals surface area contributed by atoms with Gasteiger partial charge in [0.2, 0.25) is 0 Å². The quantitative estimate of drug-likeness (QED) is 0.892. The maximum Gasteiger partial charge on any atom is 0.417 e. The van der Waals surface area contributed by atoms with Crippen molar-refractivity contribution in [1.29, 1.82) is 0 Å². The standard InChI is InChI=1S/C16H16F3N3O/c17-16(18,19)12-3-6-15(21-9-12)22-8-7-20-14(10-22)11-1-4-13(23)5-2-11/h1-6,9,14,20,23H,7-8,10H2. The van der Waals surface area contributed by atoms with Crippen LogP contribution >= 0.6 is 0 Å². The largest absolute Gasteiger partial charge is 0.508 e. The number of nitrogens with zero attached hydrogens (tertiary/aromatic N) is 2. The molecule has 23 heavy (non-hydrogen) atoms. The van der Waals surface area contributed by atoms with Gasteiger partial charge in [0.1, 0.15) is 11.6 Å². The van der Waals surface area contributed by atoms with E-state index in [0.29, 0.717) is 25.5 Å². The van der Waals surface area contributed by atoms with E-state index >= 15 is 0 Å². The van der Waals surface area contributed by atoms with Gasteiger partial charge in [-0.3, -0.25) is 0 Å². The first-order valence-electron chi connectivity index (χ1n) is 7.24. The molecule has 2 aromatic rings. The van der Waals surface area contributed by atoms with E-state index in [0.717, 1.165) is 17.8 Å². The molecule has 1 fully saturated rings. The summed E-state index contributed by atoms with van der Waals surface area (Å²) in [5.41, 5.74) is 0.269. The minimum Gasteiger partial charge on any atom is -0.508 e. The molecule has 1 aliphatic rings. The van der Waals surface area contributed by atoms with Crippen LogP contribution in [-0.2, 0) is 6.18 Å². The molecule has 7 heteroatoms. The molecule has 0 amide bonds. The molecular formula is C16H16F3N3O. The van der Waals surface area contributed by atoms with Gasteiger partial charge < -0.3 is 15.3 Å². The lowest BCUT2D eigenvalue weighted by Gasteiger charge is -2.34. The monoisotopic (exact) mass is 323 g/mol. The molecule has 4 nitrogen and oxygen atoms in total. The number of rotatable bonds is 2. The average Bonchev–Trinajstić information content (AvgIpc) is 2.55. The van der Waals surface area contributed by atoms with Crippen molar-refractivity contribution in [1.82, 2.24) is 10.3 Å². The Balaban J connectivity index is 1.74. The summed E-state index contributed by atoms with van der Waals surface area (Å²) in [6, 6.07) is 9.39. The fraction of sp³-hybridized carbons (Fsp3) is 0.312. The zero-order valence-electron chi connectivity index (χ0n) is 12.2. The van der Waals surface area contributed by atoms with Gasteiger partial charge in [0.05, 0.1) is 5.56 Å². The number of anilines is 1. The zero-order chi connectivity index (χ0) is 16.4. The van der Waals surface area contributed by atoms with E-state index in [2.05, 4.69) is 10.3 Å². The van der Waals surface area contributed by atoms with Gasteiger partial charge in [-0.05, 0) is 29.8 Å². The molecule has 1 unspecified atom stereocenters. The minimum absolute atomic E-state index is 0.0356. The van der Waals surface area contributed by atoms with Gasteiger partial charge in [0.25, 0.3) is 0 Å². The van der Waals surface area contributed by atoms with Crippen LogP contribution in [0.5, 0.6) is 5.75 Å². The van der Waals surface area contributed by atoms with E-state index < -0.39 is 11.7 Å². The lowest BCUT2D eigenvalue weighted by atomic mass is 10.0. The second-order valence-electron chi connectivity index (χ2n) is 5.45. The van der Waals surface area contributed by atoms with Gasteiger partial charge in [0.15, 0.2) is 0 Å². The fourth-order valence-electron chi connectivity index (χ4n) is 2.63. The Hall–Kier alpha value is -2.28. The van der Waals surface area contributed by atoms with Crippen LogP contribution in [0.3, 0.4) is 0 Å². The van der Waals surface area contributed by atoms with Crippen LogP contribution in [0.15, 0.2) is 42.6 Å². The molecule has 0 aliphatic carbocycles. The molecule has 0 spiro atoms. The smallest absolute Gasteiger partial charge is 0.417 e. The third kappa shape index (κ3) is 3.56. The average molecular weight is 323 g/mol. The molecule has 2 heterocycles. The molecule has 1 aromatic heterocycles. The van der Waals surface area contributed by atoms with Crippen LogP contribution in [0.2, 0.25) is 0 Å². The molecular weight excluding hydrogens is 307 g/mol. The van der Waals surface area contributed by atoms with Crippen molar-refractivity contribution in [3.8, 4) is 5.75 Å². The van der Waals surface area contributed by atoms with Gasteiger partial charge in [-0.25, -0.2) is 4.98 Å². The SMILES string of the molecule is Oc1ccc(C2CN(c3ccc(C(F)(F)F)cn3)CCN2)cc1. The molecule has 1 aliphatic heterocycles. The van der Waals surface area contributed by atoms with Crippen molar-refractivity contribution < 1.29 is 18.3 Å². The topological polar surface area (TPSA) is 48.4 Å². The lowest BCUT2D eigenvalue weighted by molar-refractivity contribution is -0.137. The molecule has 0 saturated carbocycles. The summed E-state index contributed by atoms with van der Waals surface area (Å²) in [7, 11) is 0. The maximum atomic E-state index is 12.6. The number of nitrogens with one attached hydrogen (secondary N) is 1. The summed E-state index contributed by atoms with van der Waals surface area (Å²) in [6.07, 6.45) is -3.50. The number of aromatic hydroxyl groups is 1. The number of hydrogen-bond acceptors (Lipinski definition) is 4. The third-order valence-electron chi connectivity index (χ3n) is 3.87. The first kappa shape index (κ1) is 15.6. The van der Waals surface area contributed by atoms with Gasteiger partial charge >= 0.3 is 6.18 Å². The van der Waals surface area contributed by atoms with E-state index in [-0.39, 0.29) is 11.8 Å². The van der Waals surface area contributed by atoms with Crippen LogP contribution in [0.1, 0.15) is 17.2 Å². The predicted molar refractivity (Wildman–Crippen MR) is 80.3 cm³/mol. The highest BCUT2D eigenvalue weighted by atomic mass is 19.4. The Morgan fingerprint density at radius 3 is 2.48 bits per heavy atom. The van der Waals surface area contributed by atoms with Gasteiger partial charge in [-0.1, -0.05) is 12.1 Å². The van der Waals surface area contributed by atoms with E-state index in [4.69, 9.17) is 0 Å². The number of phenols is 1. The Morgan fingerprint density at radius 2 is 1.87 bits per heavy atom. The number of aromatic nitrogens is 1. The van der Waals surface area contributed by atoms with Crippen LogP contribution in [-0.4, -0.2) is 29.7 Å². The minimum atomic E-state index is -4.37. The van der Waals surface area contributed by atoms with Gasteiger partial charge in [-0.2, -0.15) is 13.2 Å². The fourth-order valence-corrected chi connectivity index (χ4v) is 2.63. The van der Waals surface area contributed by atoms with E-state index in [1.165, 1.54) is 6.07 Å². The Labute approximate surface area is 131 Å². The van der Waals surface area contributed by atoms with Crippen LogP contribution in [0, 0.1) is 0 Å². The number of pyridine rings is 1. The van der Waals surface area contributed by atoms with Crippen molar-refractivity contribution >= 4 is 5.82 Å². The Morgan fingerprint density at radius 1 is 1.13 bits per heavy atom. The molecule has 122 valence electrons. The summed E-state index contributed by atoms with van der Waals surface area (Å²) in [5, 5.41) is 12.7. The van der Waals surface area contributed by atoms with E-state index in [9.17, 15) is 18.3 Å². The lowest BCUT2D eigenvalue weighted by Crippen LogP contribution is -2.46. The summed E-state index contributed by atoms with van der Waals surface area (Å²) < 4.78 is 37.8. The van der Waals surface area contributed by atoms with Crippen molar-refractivity contribution in [2.45, 2.75) is 12.2 Å². The number of hydrogen-bond donors (Lipinski definition) is 2. The first-order valence-corrected chi connectivity index (χ1v) is 7.24. The Kier molecular flexibility index (Phi) is 4.12.